The minimum atomic E-state index is -1.08. The fraction of sp³-hybridized carbons (Fsp3) is 0.846. The Hall–Kier alpha value is -1.34. The van der Waals surface area contributed by atoms with Crippen LogP contribution in [0.1, 0.15) is 33.1 Å². The number of aliphatic carboxylic acids is 1. The Balaban J connectivity index is 2.23. The van der Waals surface area contributed by atoms with E-state index in [9.17, 15) is 14.7 Å². The number of aliphatic hydroxyl groups excluding tert-OH is 1. The van der Waals surface area contributed by atoms with Crippen LogP contribution in [0.3, 0.4) is 0 Å². The van der Waals surface area contributed by atoms with Crippen molar-refractivity contribution in [1.29, 1.82) is 0 Å². The number of hydrogen-bond acceptors (Lipinski definition) is 4. The predicted molar refractivity (Wildman–Crippen MR) is 72.5 cm³/mol. The smallest absolute Gasteiger partial charge is 0.326 e. The molecule has 1 aliphatic rings. The van der Waals surface area contributed by atoms with Crippen molar-refractivity contribution >= 4 is 12.0 Å². The van der Waals surface area contributed by atoms with Gasteiger partial charge in [-0.2, -0.15) is 0 Å². The Labute approximate surface area is 118 Å². The normalized spacial score (nSPS) is 22.3. The van der Waals surface area contributed by atoms with Gasteiger partial charge in [0.1, 0.15) is 6.04 Å². The van der Waals surface area contributed by atoms with Gasteiger partial charge in [-0.3, -0.25) is 0 Å². The quantitative estimate of drug-likeness (QED) is 0.590. The van der Waals surface area contributed by atoms with Crippen molar-refractivity contribution in [3.8, 4) is 0 Å². The van der Waals surface area contributed by atoms with Crippen LogP contribution in [0.4, 0.5) is 4.79 Å². The van der Waals surface area contributed by atoms with E-state index in [1.165, 1.54) is 4.90 Å². The minimum Gasteiger partial charge on any atom is -0.480 e. The van der Waals surface area contributed by atoms with Gasteiger partial charge in [0.05, 0.1) is 12.2 Å². The van der Waals surface area contributed by atoms with Crippen molar-refractivity contribution in [1.82, 2.24) is 10.2 Å². The number of likely N-dealkylation sites (tertiary alicyclic amines) is 1. The topological polar surface area (TPSA) is 99.1 Å². The molecule has 1 saturated heterocycles. The highest BCUT2D eigenvalue weighted by Gasteiger charge is 2.38. The van der Waals surface area contributed by atoms with Gasteiger partial charge >= 0.3 is 12.0 Å². The lowest BCUT2D eigenvalue weighted by Gasteiger charge is -2.21. The van der Waals surface area contributed by atoms with Crippen LogP contribution in [0.5, 0.6) is 0 Å². The zero-order valence-corrected chi connectivity index (χ0v) is 12.0. The molecule has 7 nitrogen and oxygen atoms in total. The summed E-state index contributed by atoms with van der Waals surface area (Å²) in [6.45, 7) is 5.12. The first kappa shape index (κ1) is 16.7. The molecule has 0 aromatic carbocycles. The first-order valence-corrected chi connectivity index (χ1v) is 6.98. The Morgan fingerprint density at radius 3 is 2.70 bits per heavy atom. The zero-order chi connectivity index (χ0) is 15.1. The number of carbonyl (C=O) groups is 2. The monoisotopic (exact) mass is 288 g/mol. The molecule has 0 bridgehead atoms. The molecule has 1 rings (SSSR count). The summed E-state index contributed by atoms with van der Waals surface area (Å²) < 4.78 is 5.38. The van der Waals surface area contributed by atoms with E-state index in [0.717, 1.165) is 12.8 Å². The highest BCUT2D eigenvalue weighted by Crippen LogP contribution is 2.18. The highest BCUT2D eigenvalue weighted by atomic mass is 16.5. The molecule has 7 heteroatoms. The fourth-order valence-corrected chi connectivity index (χ4v) is 2.12. The maximum absolute atomic E-state index is 11.9. The summed E-state index contributed by atoms with van der Waals surface area (Å²) in [6.07, 6.45) is 1.13. The maximum Gasteiger partial charge on any atom is 0.326 e. The number of carbonyl (C=O) groups excluding carboxylic acids is 1. The molecule has 0 aromatic heterocycles. The Morgan fingerprint density at radius 2 is 2.10 bits per heavy atom. The molecule has 1 fully saturated rings. The van der Waals surface area contributed by atoms with Crippen molar-refractivity contribution in [2.24, 2.45) is 0 Å². The molecule has 1 heterocycles. The molecule has 0 radical (unpaired) electrons. The van der Waals surface area contributed by atoms with E-state index in [-0.39, 0.29) is 19.1 Å². The molecule has 0 aromatic rings. The van der Waals surface area contributed by atoms with Crippen molar-refractivity contribution < 1.29 is 24.5 Å². The Bertz CT molecular complexity index is 335. The summed E-state index contributed by atoms with van der Waals surface area (Å²) >= 11 is 0. The van der Waals surface area contributed by atoms with E-state index in [2.05, 4.69) is 5.32 Å². The molecule has 20 heavy (non-hydrogen) atoms. The molecule has 1 unspecified atom stereocenters. The zero-order valence-electron chi connectivity index (χ0n) is 12.0. The lowest BCUT2D eigenvalue weighted by atomic mass is 10.2. The lowest BCUT2D eigenvalue weighted by molar-refractivity contribution is -0.141. The van der Waals surface area contributed by atoms with Gasteiger partial charge in [0.2, 0.25) is 0 Å². The second kappa shape index (κ2) is 8.06. The third-order valence-electron chi connectivity index (χ3n) is 3.12. The Kier molecular flexibility index (Phi) is 6.74. The molecular formula is C13H24N2O5. The van der Waals surface area contributed by atoms with Crippen LogP contribution in [-0.4, -0.2) is 65.1 Å². The number of β-amino-alcohol motifs (C(OH)–C–C–N with tert-alkyl or cyclic N) is 1. The average Bonchev–Trinajstić information content (AvgIpc) is 2.75. The first-order valence-electron chi connectivity index (χ1n) is 6.98. The lowest BCUT2D eigenvalue weighted by Crippen LogP contribution is -2.46. The number of carboxylic acids is 1. The van der Waals surface area contributed by atoms with Crippen molar-refractivity contribution in [2.75, 3.05) is 19.7 Å². The predicted octanol–water partition coefficient (Wildman–Crippen LogP) is 0.421. The number of amides is 2. The van der Waals surface area contributed by atoms with Crippen LogP contribution >= 0.6 is 0 Å². The number of nitrogens with one attached hydrogen (secondary N) is 1. The Morgan fingerprint density at radius 1 is 1.40 bits per heavy atom. The van der Waals surface area contributed by atoms with Crippen molar-refractivity contribution in [3.63, 3.8) is 0 Å². The van der Waals surface area contributed by atoms with Gasteiger partial charge in [0, 0.05) is 26.1 Å². The summed E-state index contributed by atoms with van der Waals surface area (Å²) in [7, 11) is 0. The van der Waals surface area contributed by atoms with Gasteiger partial charge in [-0.05, 0) is 26.7 Å². The van der Waals surface area contributed by atoms with Crippen LogP contribution in [0.25, 0.3) is 0 Å². The van der Waals surface area contributed by atoms with E-state index in [1.54, 1.807) is 0 Å². The van der Waals surface area contributed by atoms with Gasteiger partial charge in [-0.1, -0.05) is 0 Å². The highest BCUT2D eigenvalue weighted by molar-refractivity contribution is 5.83. The van der Waals surface area contributed by atoms with E-state index in [1.807, 2.05) is 13.8 Å². The first-order chi connectivity index (χ1) is 9.41. The van der Waals surface area contributed by atoms with Crippen LogP contribution < -0.4 is 5.32 Å². The van der Waals surface area contributed by atoms with E-state index >= 15 is 0 Å². The summed E-state index contributed by atoms with van der Waals surface area (Å²) in [5.74, 6) is -1.08. The maximum atomic E-state index is 11.9. The van der Waals surface area contributed by atoms with Gasteiger partial charge in [-0.15, -0.1) is 0 Å². The molecule has 2 atom stereocenters. The van der Waals surface area contributed by atoms with Crippen LogP contribution in [0, 0.1) is 0 Å². The molecule has 0 aliphatic carbocycles. The second-order valence-electron chi connectivity index (χ2n) is 5.25. The number of urea groups is 1. The number of nitrogens with zero attached hydrogens (tertiary/aromatic N) is 1. The number of rotatable bonds is 7. The minimum absolute atomic E-state index is 0.0687. The number of ether oxygens (including phenoxy) is 1. The van der Waals surface area contributed by atoms with Crippen molar-refractivity contribution in [3.05, 3.63) is 0 Å². The average molecular weight is 288 g/mol. The molecule has 116 valence electrons. The van der Waals surface area contributed by atoms with E-state index in [0.29, 0.717) is 13.2 Å². The fourth-order valence-electron chi connectivity index (χ4n) is 2.12. The van der Waals surface area contributed by atoms with E-state index in [4.69, 9.17) is 9.84 Å². The molecule has 3 N–H and O–H groups in total. The van der Waals surface area contributed by atoms with Gasteiger partial charge in [-0.25, -0.2) is 9.59 Å². The summed E-state index contributed by atoms with van der Waals surface area (Å²) in [5, 5.41) is 21.1. The largest absolute Gasteiger partial charge is 0.480 e. The SMILES string of the molecule is CC(C)OCCCCNC(=O)N1CC(O)C[C@H]1C(=O)O. The van der Waals surface area contributed by atoms with Crippen molar-refractivity contribution in [2.45, 2.75) is 51.4 Å². The van der Waals surface area contributed by atoms with Crippen LogP contribution in [0.15, 0.2) is 0 Å². The van der Waals surface area contributed by atoms with Gasteiger partial charge < -0.3 is 25.2 Å². The standard InChI is InChI=1S/C13H24N2O5/c1-9(2)20-6-4-3-5-14-13(19)15-8-10(16)7-11(15)12(17)18/h9-11,16H,3-8H2,1-2H3,(H,14,19)(H,17,18)/t10?,11-/m0/s1. The van der Waals surface area contributed by atoms with E-state index < -0.39 is 24.1 Å². The molecule has 1 aliphatic heterocycles. The van der Waals surface area contributed by atoms with Crippen LogP contribution in [-0.2, 0) is 9.53 Å². The summed E-state index contributed by atoms with van der Waals surface area (Å²) in [4.78, 5) is 24.0. The van der Waals surface area contributed by atoms with Gasteiger partial charge in [0.25, 0.3) is 0 Å². The summed E-state index contributed by atoms with van der Waals surface area (Å²) in [6, 6.07) is -1.37. The second-order valence-corrected chi connectivity index (χ2v) is 5.25. The third kappa shape index (κ3) is 5.34. The van der Waals surface area contributed by atoms with Crippen LogP contribution in [0.2, 0.25) is 0 Å². The molecular weight excluding hydrogens is 264 g/mol. The number of hydrogen-bond donors (Lipinski definition) is 3. The number of carboxylic acid groups (broad SMARTS) is 1. The molecule has 0 saturated carbocycles. The number of aliphatic hydroxyl groups is 1. The summed E-state index contributed by atoms with van der Waals surface area (Å²) in [5.41, 5.74) is 0. The van der Waals surface area contributed by atoms with Gasteiger partial charge in [0.15, 0.2) is 0 Å². The number of unbranched alkanes of at least 4 members (excludes halogenated alkanes) is 1. The third-order valence-corrected chi connectivity index (χ3v) is 3.12. The molecule has 0 spiro atoms. The molecule has 2 amide bonds.